The largest absolute Gasteiger partial charge is 0.333 e. The van der Waals surface area contributed by atoms with Gasteiger partial charge in [-0.1, -0.05) is 30.3 Å². The van der Waals surface area contributed by atoms with E-state index in [4.69, 9.17) is 0 Å². The summed E-state index contributed by atoms with van der Waals surface area (Å²) in [6.07, 6.45) is 1.01. The fourth-order valence-electron chi connectivity index (χ4n) is 3.56. The number of hydrogen-bond acceptors (Lipinski definition) is 3. The van der Waals surface area contributed by atoms with E-state index >= 15 is 0 Å². The molecule has 0 aliphatic carbocycles. The molecule has 1 N–H and O–H groups in total. The van der Waals surface area contributed by atoms with Gasteiger partial charge in [0.15, 0.2) is 0 Å². The zero-order valence-corrected chi connectivity index (χ0v) is 14.7. The van der Waals surface area contributed by atoms with Gasteiger partial charge in [0, 0.05) is 37.4 Å². The first kappa shape index (κ1) is 16.7. The molecular formula is C19H26N4O. The molecule has 2 aromatic rings. The molecule has 0 bridgehead atoms. The van der Waals surface area contributed by atoms with Gasteiger partial charge in [-0.3, -0.25) is 14.8 Å². The van der Waals surface area contributed by atoms with Crippen LogP contribution in [0.3, 0.4) is 0 Å². The van der Waals surface area contributed by atoms with Gasteiger partial charge in [0.25, 0.3) is 5.91 Å². The highest BCUT2D eigenvalue weighted by Crippen LogP contribution is 2.27. The van der Waals surface area contributed by atoms with Gasteiger partial charge in [-0.15, -0.1) is 0 Å². The molecule has 2 heterocycles. The number of nitrogens with one attached hydrogen (secondary N) is 1. The number of carbonyl (C=O) groups is 1. The van der Waals surface area contributed by atoms with Crippen LogP contribution in [0, 0.1) is 6.92 Å². The van der Waals surface area contributed by atoms with E-state index < -0.39 is 0 Å². The van der Waals surface area contributed by atoms with E-state index in [-0.39, 0.29) is 11.9 Å². The number of H-pyrrole nitrogens is 1. The number of aryl methyl sites for hydroxylation is 1. The van der Waals surface area contributed by atoms with E-state index in [0.717, 1.165) is 25.2 Å². The lowest BCUT2D eigenvalue weighted by Crippen LogP contribution is -2.42. The lowest BCUT2D eigenvalue weighted by atomic mass is 10.1. The van der Waals surface area contributed by atoms with E-state index in [1.165, 1.54) is 5.56 Å². The van der Waals surface area contributed by atoms with Crippen molar-refractivity contribution in [3.05, 3.63) is 53.3 Å². The highest BCUT2D eigenvalue weighted by atomic mass is 16.2. The Hall–Kier alpha value is -2.14. The Kier molecular flexibility index (Phi) is 5.00. The summed E-state index contributed by atoms with van der Waals surface area (Å²) in [6.45, 7) is 8.85. The molecule has 1 aliphatic rings. The van der Waals surface area contributed by atoms with Crippen molar-refractivity contribution in [2.24, 2.45) is 0 Å². The van der Waals surface area contributed by atoms with Crippen molar-refractivity contribution in [3.8, 4) is 0 Å². The third kappa shape index (κ3) is 3.36. The molecule has 1 saturated heterocycles. The van der Waals surface area contributed by atoms with Crippen molar-refractivity contribution < 1.29 is 4.79 Å². The van der Waals surface area contributed by atoms with Gasteiger partial charge >= 0.3 is 0 Å². The summed E-state index contributed by atoms with van der Waals surface area (Å²) in [5.41, 5.74) is 2.76. The molecule has 24 heavy (non-hydrogen) atoms. The maximum absolute atomic E-state index is 12.7. The number of aromatic nitrogens is 2. The summed E-state index contributed by atoms with van der Waals surface area (Å²) in [6, 6.07) is 13.0. The summed E-state index contributed by atoms with van der Waals surface area (Å²) < 4.78 is 0. The average Bonchev–Trinajstić information content (AvgIpc) is 3.25. The summed E-state index contributed by atoms with van der Waals surface area (Å²) in [5, 5.41) is 6.99. The van der Waals surface area contributed by atoms with Gasteiger partial charge in [0.1, 0.15) is 5.69 Å². The highest BCUT2D eigenvalue weighted by Gasteiger charge is 2.33. The Balaban J connectivity index is 1.68. The average molecular weight is 326 g/mol. The number of amides is 1. The van der Waals surface area contributed by atoms with Crippen LogP contribution in [0.1, 0.15) is 48.1 Å². The van der Waals surface area contributed by atoms with E-state index in [2.05, 4.69) is 46.3 Å². The molecule has 1 aromatic carbocycles. The van der Waals surface area contributed by atoms with Gasteiger partial charge in [-0.25, -0.2) is 0 Å². The van der Waals surface area contributed by atoms with Crippen LogP contribution >= 0.6 is 0 Å². The lowest BCUT2D eigenvalue weighted by Gasteiger charge is -2.29. The molecule has 5 nitrogen and oxygen atoms in total. The smallest absolute Gasteiger partial charge is 0.274 e. The summed E-state index contributed by atoms with van der Waals surface area (Å²) in [5.74, 6) is 0.0288. The second-order valence-electron chi connectivity index (χ2n) is 6.55. The number of likely N-dealkylation sites (tertiary alicyclic amines) is 1. The zero-order valence-electron chi connectivity index (χ0n) is 14.7. The fraction of sp³-hybridized carbons (Fsp3) is 0.474. The minimum absolute atomic E-state index is 0.0288. The van der Waals surface area contributed by atoms with Gasteiger partial charge in [0.2, 0.25) is 0 Å². The standard InChI is InChI=1S/C19H26N4O/c1-4-23(19(24)18-12-14(2)20-21-18)17-10-11-22(13-17)15(3)16-8-6-5-7-9-16/h5-9,12,15,17H,4,10-11,13H2,1-3H3,(H,20,21)/t15-,17+/m0/s1. The topological polar surface area (TPSA) is 52.2 Å². The number of likely N-dealkylation sites (N-methyl/N-ethyl adjacent to an activating group) is 1. The maximum Gasteiger partial charge on any atom is 0.274 e. The Morgan fingerprint density at radius 3 is 2.79 bits per heavy atom. The number of hydrogen-bond donors (Lipinski definition) is 1. The van der Waals surface area contributed by atoms with Crippen LogP contribution in [-0.2, 0) is 0 Å². The third-order valence-electron chi connectivity index (χ3n) is 4.99. The number of carbonyl (C=O) groups excluding carboxylic acids is 1. The normalized spacial score (nSPS) is 19.4. The predicted molar refractivity (Wildman–Crippen MR) is 94.9 cm³/mol. The molecule has 2 atom stereocenters. The quantitative estimate of drug-likeness (QED) is 0.919. The van der Waals surface area contributed by atoms with Gasteiger partial charge < -0.3 is 4.90 Å². The molecule has 1 aliphatic heterocycles. The number of nitrogens with zero attached hydrogens (tertiary/aromatic N) is 3. The molecule has 1 aromatic heterocycles. The van der Waals surface area contributed by atoms with Crippen molar-refractivity contribution in [1.29, 1.82) is 0 Å². The Morgan fingerprint density at radius 2 is 2.17 bits per heavy atom. The lowest BCUT2D eigenvalue weighted by molar-refractivity contribution is 0.0683. The highest BCUT2D eigenvalue weighted by molar-refractivity contribution is 5.92. The van der Waals surface area contributed by atoms with Crippen molar-refractivity contribution in [2.45, 2.75) is 39.3 Å². The first-order valence-corrected chi connectivity index (χ1v) is 8.72. The minimum Gasteiger partial charge on any atom is -0.333 e. The Bertz CT molecular complexity index is 682. The Morgan fingerprint density at radius 1 is 1.42 bits per heavy atom. The number of aromatic amines is 1. The summed E-state index contributed by atoms with van der Waals surface area (Å²) >= 11 is 0. The summed E-state index contributed by atoms with van der Waals surface area (Å²) in [4.78, 5) is 17.2. The van der Waals surface area contributed by atoms with Crippen LogP contribution in [0.15, 0.2) is 36.4 Å². The molecular weight excluding hydrogens is 300 g/mol. The molecule has 5 heteroatoms. The minimum atomic E-state index is 0.0288. The second-order valence-corrected chi connectivity index (χ2v) is 6.55. The molecule has 0 saturated carbocycles. The third-order valence-corrected chi connectivity index (χ3v) is 4.99. The van der Waals surface area contributed by atoms with Crippen molar-refractivity contribution in [1.82, 2.24) is 20.0 Å². The van der Waals surface area contributed by atoms with E-state index in [0.29, 0.717) is 18.3 Å². The van der Waals surface area contributed by atoms with E-state index in [1.807, 2.05) is 30.9 Å². The molecule has 1 fully saturated rings. The predicted octanol–water partition coefficient (Wildman–Crippen LogP) is 3.02. The molecule has 0 unspecified atom stereocenters. The molecule has 3 rings (SSSR count). The van der Waals surface area contributed by atoms with Gasteiger partial charge in [-0.2, -0.15) is 5.10 Å². The number of rotatable bonds is 5. The van der Waals surface area contributed by atoms with Crippen LogP contribution < -0.4 is 0 Å². The summed E-state index contributed by atoms with van der Waals surface area (Å²) in [7, 11) is 0. The first-order valence-electron chi connectivity index (χ1n) is 8.72. The second kappa shape index (κ2) is 7.18. The monoisotopic (exact) mass is 326 g/mol. The van der Waals surface area contributed by atoms with Crippen LogP contribution in [0.25, 0.3) is 0 Å². The van der Waals surface area contributed by atoms with Crippen LogP contribution in [0.4, 0.5) is 0 Å². The molecule has 0 spiro atoms. The van der Waals surface area contributed by atoms with Crippen molar-refractivity contribution in [2.75, 3.05) is 19.6 Å². The van der Waals surface area contributed by atoms with Crippen molar-refractivity contribution >= 4 is 5.91 Å². The molecule has 1 amide bonds. The molecule has 128 valence electrons. The van der Waals surface area contributed by atoms with Gasteiger partial charge in [0.05, 0.1) is 0 Å². The zero-order chi connectivity index (χ0) is 17.1. The van der Waals surface area contributed by atoms with Crippen LogP contribution in [0.5, 0.6) is 0 Å². The number of benzene rings is 1. The van der Waals surface area contributed by atoms with Gasteiger partial charge in [-0.05, 0) is 38.8 Å². The fourth-order valence-corrected chi connectivity index (χ4v) is 3.56. The van der Waals surface area contributed by atoms with Crippen molar-refractivity contribution in [3.63, 3.8) is 0 Å². The van der Waals surface area contributed by atoms with Crippen LogP contribution in [0.2, 0.25) is 0 Å². The van der Waals surface area contributed by atoms with Crippen LogP contribution in [-0.4, -0.2) is 51.6 Å². The molecule has 0 radical (unpaired) electrons. The Labute approximate surface area is 143 Å². The first-order chi connectivity index (χ1) is 11.6. The van der Waals surface area contributed by atoms with E-state index in [9.17, 15) is 4.79 Å². The SMILES string of the molecule is CCN(C(=O)c1cc(C)[nH]n1)[C@@H]1CCN([C@@H](C)c2ccccc2)C1. The maximum atomic E-state index is 12.7. The van der Waals surface area contributed by atoms with E-state index in [1.54, 1.807) is 0 Å².